The van der Waals surface area contributed by atoms with Gasteiger partial charge in [-0.15, -0.1) is 0 Å². The third-order valence-electron chi connectivity index (χ3n) is 7.29. The van der Waals surface area contributed by atoms with Gasteiger partial charge in [-0.3, -0.25) is 9.59 Å². The van der Waals surface area contributed by atoms with E-state index < -0.39 is 0 Å². The van der Waals surface area contributed by atoms with Crippen LogP contribution in [0.25, 0.3) is 11.8 Å². The Morgan fingerprint density at radius 3 is 2.76 bits per heavy atom. The minimum atomic E-state index is -0.255. The Morgan fingerprint density at radius 1 is 1.30 bits per heavy atom. The standard InChI is InChI=1S/C26H33FN4O2/c1-4-5-22(30-25(33)16-28-17(2)32)12-19-6-7-20-13-24-18(14-26(19,20)3)15-29-31(24)23-10-8-21(27)9-11-23/h8-11,13,15,19,22H,4-7,12,14,16H2,1-3H3,(H,28,32)(H,30,33). The Labute approximate surface area is 194 Å². The molecule has 2 aliphatic rings. The van der Waals surface area contributed by atoms with Crippen molar-refractivity contribution in [3.8, 4) is 5.69 Å². The molecule has 1 aromatic carbocycles. The van der Waals surface area contributed by atoms with E-state index in [1.54, 1.807) is 12.1 Å². The van der Waals surface area contributed by atoms with E-state index >= 15 is 0 Å². The second-order valence-electron chi connectivity index (χ2n) is 9.64. The van der Waals surface area contributed by atoms with Gasteiger partial charge in [0.25, 0.3) is 0 Å². The van der Waals surface area contributed by atoms with Crippen LogP contribution in [-0.2, 0) is 16.0 Å². The molecule has 1 fully saturated rings. The molecule has 2 amide bonds. The van der Waals surface area contributed by atoms with Gasteiger partial charge in [-0.25, -0.2) is 9.07 Å². The summed E-state index contributed by atoms with van der Waals surface area (Å²) in [7, 11) is 0. The number of hydrogen-bond donors (Lipinski definition) is 2. The largest absolute Gasteiger partial charge is 0.352 e. The van der Waals surface area contributed by atoms with Gasteiger partial charge in [0.1, 0.15) is 5.82 Å². The highest BCUT2D eigenvalue weighted by Gasteiger charge is 2.46. The number of hydrogen-bond acceptors (Lipinski definition) is 3. The number of amides is 2. The van der Waals surface area contributed by atoms with Gasteiger partial charge in [-0.05, 0) is 79.3 Å². The molecule has 2 N–H and O–H groups in total. The predicted molar refractivity (Wildman–Crippen MR) is 126 cm³/mol. The highest BCUT2D eigenvalue weighted by atomic mass is 19.1. The normalized spacial score (nSPS) is 22.2. The van der Waals surface area contributed by atoms with Gasteiger partial charge < -0.3 is 10.6 Å². The average Bonchev–Trinajstić information content (AvgIpc) is 3.31. The molecular formula is C26H33FN4O2. The SMILES string of the molecule is CCCC(CC1CCC2=Cc3c(cnn3-c3ccc(F)cc3)CC21C)NC(=O)CNC(C)=O. The van der Waals surface area contributed by atoms with Crippen molar-refractivity contribution in [3.05, 3.63) is 53.1 Å². The second kappa shape index (κ2) is 9.49. The lowest BCUT2D eigenvalue weighted by atomic mass is 9.68. The molecule has 2 aromatic rings. The Bertz CT molecular complexity index is 1060. The molecule has 1 saturated carbocycles. The van der Waals surface area contributed by atoms with Crippen molar-refractivity contribution in [3.63, 3.8) is 0 Å². The molecule has 33 heavy (non-hydrogen) atoms. The zero-order valence-electron chi connectivity index (χ0n) is 19.7. The first kappa shape index (κ1) is 23.2. The first-order valence-electron chi connectivity index (χ1n) is 11.9. The summed E-state index contributed by atoms with van der Waals surface area (Å²) < 4.78 is 15.3. The van der Waals surface area contributed by atoms with Crippen LogP contribution < -0.4 is 10.6 Å². The Morgan fingerprint density at radius 2 is 2.06 bits per heavy atom. The number of carbonyl (C=O) groups excluding carboxylic acids is 2. The molecule has 176 valence electrons. The molecule has 2 aliphatic carbocycles. The fourth-order valence-corrected chi connectivity index (χ4v) is 5.52. The monoisotopic (exact) mass is 452 g/mol. The predicted octanol–water partition coefficient (Wildman–Crippen LogP) is 4.18. The summed E-state index contributed by atoms with van der Waals surface area (Å²) in [6.45, 7) is 5.91. The van der Waals surface area contributed by atoms with E-state index in [9.17, 15) is 14.0 Å². The Balaban J connectivity index is 1.50. The van der Waals surface area contributed by atoms with E-state index in [4.69, 9.17) is 0 Å². The molecule has 3 unspecified atom stereocenters. The number of allylic oxidation sites excluding steroid dienone is 1. The molecule has 3 atom stereocenters. The number of nitrogens with zero attached hydrogens (tertiary/aromatic N) is 2. The van der Waals surface area contributed by atoms with E-state index in [1.165, 1.54) is 30.2 Å². The average molecular weight is 453 g/mol. The Kier molecular flexibility index (Phi) is 6.68. The lowest BCUT2D eigenvalue weighted by Crippen LogP contribution is -2.43. The van der Waals surface area contributed by atoms with Gasteiger partial charge in [0.2, 0.25) is 11.8 Å². The molecule has 7 heteroatoms. The van der Waals surface area contributed by atoms with Gasteiger partial charge in [0.05, 0.1) is 24.1 Å². The number of carbonyl (C=O) groups is 2. The van der Waals surface area contributed by atoms with Crippen molar-refractivity contribution in [1.29, 1.82) is 0 Å². The maximum Gasteiger partial charge on any atom is 0.239 e. The van der Waals surface area contributed by atoms with Crippen molar-refractivity contribution in [2.45, 2.75) is 65.3 Å². The van der Waals surface area contributed by atoms with E-state index in [1.807, 2.05) is 10.9 Å². The Hall–Kier alpha value is -2.96. The van der Waals surface area contributed by atoms with Crippen molar-refractivity contribution in [2.75, 3.05) is 6.54 Å². The highest BCUT2D eigenvalue weighted by Crippen LogP contribution is 2.54. The van der Waals surface area contributed by atoms with Crippen molar-refractivity contribution in [1.82, 2.24) is 20.4 Å². The molecule has 6 nitrogen and oxygen atoms in total. The summed E-state index contributed by atoms with van der Waals surface area (Å²) in [5.74, 6) is -0.123. The molecule has 0 spiro atoms. The zero-order chi connectivity index (χ0) is 23.6. The van der Waals surface area contributed by atoms with Crippen molar-refractivity contribution in [2.24, 2.45) is 11.3 Å². The molecular weight excluding hydrogens is 419 g/mol. The minimum Gasteiger partial charge on any atom is -0.352 e. The molecule has 1 aromatic heterocycles. The minimum absolute atomic E-state index is 0.0224. The second-order valence-corrected chi connectivity index (χ2v) is 9.64. The van der Waals surface area contributed by atoms with Gasteiger partial charge in [0, 0.05) is 13.0 Å². The topological polar surface area (TPSA) is 76.0 Å². The van der Waals surface area contributed by atoms with Crippen LogP contribution >= 0.6 is 0 Å². The highest BCUT2D eigenvalue weighted by molar-refractivity contribution is 5.83. The summed E-state index contributed by atoms with van der Waals surface area (Å²) in [4.78, 5) is 23.4. The van der Waals surface area contributed by atoms with Gasteiger partial charge in [-0.2, -0.15) is 5.10 Å². The summed E-state index contributed by atoms with van der Waals surface area (Å²) >= 11 is 0. The number of fused-ring (bicyclic) bond motifs is 2. The number of rotatable bonds is 8. The first-order valence-corrected chi connectivity index (χ1v) is 11.9. The molecule has 1 heterocycles. The quantitative estimate of drug-likeness (QED) is 0.631. The number of aromatic nitrogens is 2. The maximum atomic E-state index is 13.4. The van der Waals surface area contributed by atoms with Crippen molar-refractivity contribution < 1.29 is 14.0 Å². The fourth-order valence-electron chi connectivity index (χ4n) is 5.52. The summed E-state index contributed by atoms with van der Waals surface area (Å²) in [5, 5.41) is 10.3. The van der Waals surface area contributed by atoms with Crippen LogP contribution in [0.5, 0.6) is 0 Å². The van der Waals surface area contributed by atoms with Crippen LogP contribution in [-0.4, -0.2) is 34.2 Å². The number of nitrogens with one attached hydrogen (secondary N) is 2. The summed E-state index contributed by atoms with van der Waals surface area (Å²) in [6, 6.07) is 6.53. The van der Waals surface area contributed by atoms with Crippen LogP contribution in [0.2, 0.25) is 0 Å². The first-order chi connectivity index (χ1) is 15.8. The molecule has 0 aliphatic heterocycles. The maximum absolute atomic E-state index is 13.4. The van der Waals surface area contributed by atoms with E-state index in [2.05, 4.69) is 35.7 Å². The lowest BCUT2D eigenvalue weighted by Gasteiger charge is -2.37. The van der Waals surface area contributed by atoms with Gasteiger partial charge in [-0.1, -0.05) is 25.8 Å². The fraction of sp³-hybridized carbons (Fsp3) is 0.500. The number of benzene rings is 1. The number of halogens is 1. The molecule has 4 rings (SSSR count). The van der Waals surface area contributed by atoms with E-state index in [0.29, 0.717) is 5.92 Å². The smallest absolute Gasteiger partial charge is 0.239 e. The summed E-state index contributed by atoms with van der Waals surface area (Å²) in [5.41, 5.74) is 4.63. The zero-order valence-corrected chi connectivity index (χ0v) is 19.7. The van der Waals surface area contributed by atoms with Gasteiger partial charge in [0.15, 0.2) is 0 Å². The van der Waals surface area contributed by atoms with E-state index in [-0.39, 0.29) is 35.6 Å². The molecule has 0 saturated heterocycles. The van der Waals surface area contributed by atoms with Crippen LogP contribution in [0.15, 0.2) is 36.0 Å². The third-order valence-corrected chi connectivity index (χ3v) is 7.29. The van der Waals surface area contributed by atoms with Gasteiger partial charge >= 0.3 is 0 Å². The summed E-state index contributed by atoms with van der Waals surface area (Å²) in [6.07, 6.45) is 10.1. The van der Waals surface area contributed by atoms with Crippen LogP contribution in [0.4, 0.5) is 4.39 Å². The molecule has 0 radical (unpaired) electrons. The van der Waals surface area contributed by atoms with Crippen LogP contribution in [0, 0.1) is 17.2 Å². The van der Waals surface area contributed by atoms with Crippen LogP contribution in [0.1, 0.15) is 64.1 Å². The van der Waals surface area contributed by atoms with Crippen LogP contribution in [0.3, 0.4) is 0 Å². The molecule has 0 bridgehead atoms. The van der Waals surface area contributed by atoms with E-state index in [0.717, 1.165) is 49.9 Å². The lowest BCUT2D eigenvalue weighted by molar-refractivity contribution is -0.125. The third kappa shape index (κ3) is 4.87. The van der Waals surface area contributed by atoms with Crippen molar-refractivity contribution >= 4 is 17.9 Å².